The summed E-state index contributed by atoms with van der Waals surface area (Å²) in [6, 6.07) is 10.9. The van der Waals surface area contributed by atoms with E-state index in [1.807, 2.05) is 24.3 Å². The van der Waals surface area contributed by atoms with Crippen LogP contribution in [0.15, 0.2) is 42.5 Å². The molecule has 1 amide bonds. The highest BCUT2D eigenvalue weighted by atomic mass is 19.2. The number of nitrogens with zero attached hydrogens (tertiary/aromatic N) is 1. The van der Waals surface area contributed by atoms with Gasteiger partial charge in [0.25, 0.3) is 5.91 Å². The lowest BCUT2D eigenvalue weighted by atomic mass is 10.00. The Labute approximate surface area is 146 Å². The van der Waals surface area contributed by atoms with Gasteiger partial charge >= 0.3 is 0 Å². The van der Waals surface area contributed by atoms with Gasteiger partial charge in [-0.1, -0.05) is 25.0 Å². The molecule has 0 saturated carbocycles. The van der Waals surface area contributed by atoms with Crippen LogP contribution in [0.3, 0.4) is 0 Å². The van der Waals surface area contributed by atoms with Crippen LogP contribution in [0.5, 0.6) is 5.75 Å². The van der Waals surface area contributed by atoms with Gasteiger partial charge < -0.3 is 9.64 Å². The number of carbonyl (C=O) groups is 1. The van der Waals surface area contributed by atoms with Crippen LogP contribution < -0.4 is 4.74 Å². The summed E-state index contributed by atoms with van der Waals surface area (Å²) in [5, 5.41) is 0. The van der Waals surface area contributed by atoms with Crippen LogP contribution in [0, 0.1) is 11.6 Å². The third-order valence-electron chi connectivity index (χ3n) is 4.68. The summed E-state index contributed by atoms with van der Waals surface area (Å²) in [6.45, 7) is 0.606. The molecule has 3 rings (SSSR count). The van der Waals surface area contributed by atoms with E-state index in [9.17, 15) is 13.6 Å². The molecule has 0 spiro atoms. The van der Waals surface area contributed by atoms with E-state index >= 15 is 0 Å². The van der Waals surface area contributed by atoms with Gasteiger partial charge in [0.2, 0.25) is 0 Å². The SMILES string of the molecule is COc1ccc([C@@H]2CCCCCN2C(=O)c2ccc(F)c(F)c2)cc1. The minimum Gasteiger partial charge on any atom is -0.497 e. The molecule has 1 aliphatic rings. The van der Waals surface area contributed by atoms with Crippen molar-refractivity contribution < 1.29 is 18.3 Å². The topological polar surface area (TPSA) is 29.5 Å². The van der Waals surface area contributed by atoms with E-state index in [0.717, 1.165) is 49.1 Å². The zero-order valence-electron chi connectivity index (χ0n) is 14.2. The maximum atomic E-state index is 13.5. The average molecular weight is 345 g/mol. The van der Waals surface area contributed by atoms with Crippen molar-refractivity contribution in [1.82, 2.24) is 4.90 Å². The molecule has 0 bridgehead atoms. The lowest BCUT2D eigenvalue weighted by Gasteiger charge is -2.30. The normalized spacial score (nSPS) is 17.9. The Morgan fingerprint density at radius 2 is 1.80 bits per heavy atom. The molecule has 2 aromatic carbocycles. The van der Waals surface area contributed by atoms with Crippen molar-refractivity contribution in [3.05, 3.63) is 65.2 Å². The standard InChI is InChI=1S/C20H21F2NO2/c1-25-16-9-6-14(7-10-16)19-5-3-2-4-12-23(19)20(24)15-8-11-17(21)18(22)13-15/h6-11,13,19H,2-5,12H2,1H3/t19-/m0/s1. The van der Waals surface area contributed by atoms with Crippen LogP contribution in [-0.2, 0) is 0 Å². The highest BCUT2D eigenvalue weighted by Crippen LogP contribution is 2.32. The number of halogens is 2. The summed E-state index contributed by atoms with van der Waals surface area (Å²) < 4.78 is 31.9. The first-order valence-corrected chi connectivity index (χ1v) is 8.50. The first-order valence-electron chi connectivity index (χ1n) is 8.50. The summed E-state index contributed by atoms with van der Waals surface area (Å²) in [5.74, 6) is -1.45. The van der Waals surface area contributed by atoms with Crippen molar-refractivity contribution in [3.8, 4) is 5.75 Å². The highest BCUT2D eigenvalue weighted by molar-refractivity contribution is 5.94. The quantitative estimate of drug-likeness (QED) is 0.805. The molecule has 2 aromatic rings. The van der Waals surface area contributed by atoms with E-state index in [1.54, 1.807) is 12.0 Å². The van der Waals surface area contributed by atoms with Gasteiger partial charge in [-0.2, -0.15) is 0 Å². The second-order valence-corrected chi connectivity index (χ2v) is 6.27. The monoisotopic (exact) mass is 345 g/mol. The summed E-state index contributed by atoms with van der Waals surface area (Å²) in [5.41, 5.74) is 1.21. The van der Waals surface area contributed by atoms with E-state index in [4.69, 9.17) is 4.74 Å². The molecule has 25 heavy (non-hydrogen) atoms. The van der Waals surface area contributed by atoms with Gasteiger partial charge in [-0.05, 0) is 48.7 Å². The van der Waals surface area contributed by atoms with Gasteiger partial charge in [0.05, 0.1) is 13.2 Å². The van der Waals surface area contributed by atoms with Gasteiger partial charge in [-0.3, -0.25) is 4.79 Å². The predicted molar refractivity (Wildman–Crippen MR) is 91.6 cm³/mol. The molecule has 132 valence electrons. The van der Waals surface area contributed by atoms with Gasteiger partial charge in [-0.25, -0.2) is 8.78 Å². The van der Waals surface area contributed by atoms with Crippen molar-refractivity contribution in [2.24, 2.45) is 0 Å². The van der Waals surface area contributed by atoms with E-state index in [-0.39, 0.29) is 17.5 Å². The summed E-state index contributed by atoms with van der Waals surface area (Å²) in [7, 11) is 1.61. The van der Waals surface area contributed by atoms with E-state index in [1.165, 1.54) is 6.07 Å². The number of amides is 1. The Balaban J connectivity index is 1.91. The molecule has 1 atom stereocenters. The zero-order chi connectivity index (χ0) is 17.8. The highest BCUT2D eigenvalue weighted by Gasteiger charge is 2.28. The molecule has 0 aliphatic carbocycles. The zero-order valence-corrected chi connectivity index (χ0v) is 14.2. The van der Waals surface area contributed by atoms with Crippen molar-refractivity contribution in [2.45, 2.75) is 31.7 Å². The first-order chi connectivity index (χ1) is 12.1. The molecule has 0 N–H and O–H groups in total. The Bertz CT molecular complexity index is 746. The second kappa shape index (κ2) is 7.64. The van der Waals surface area contributed by atoms with Gasteiger partial charge in [0.1, 0.15) is 5.75 Å². The van der Waals surface area contributed by atoms with Crippen molar-refractivity contribution in [1.29, 1.82) is 0 Å². The third-order valence-corrected chi connectivity index (χ3v) is 4.68. The van der Waals surface area contributed by atoms with Crippen LogP contribution in [0.1, 0.15) is 47.6 Å². The van der Waals surface area contributed by atoms with Crippen molar-refractivity contribution >= 4 is 5.91 Å². The van der Waals surface area contributed by atoms with E-state index < -0.39 is 11.6 Å². The number of ether oxygens (including phenoxy) is 1. The van der Waals surface area contributed by atoms with Gasteiger partial charge in [0.15, 0.2) is 11.6 Å². The molecular weight excluding hydrogens is 324 g/mol. The molecule has 0 unspecified atom stereocenters. The Morgan fingerprint density at radius 3 is 2.48 bits per heavy atom. The third kappa shape index (κ3) is 3.81. The van der Waals surface area contributed by atoms with Crippen LogP contribution in [0.4, 0.5) is 8.78 Å². The van der Waals surface area contributed by atoms with Gasteiger partial charge in [-0.15, -0.1) is 0 Å². The van der Waals surface area contributed by atoms with Crippen LogP contribution in [0.2, 0.25) is 0 Å². The lowest BCUT2D eigenvalue weighted by molar-refractivity contribution is 0.0680. The van der Waals surface area contributed by atoms with Crippen molar-refractivity contribution in [2.75, 3.05) is 13.7 Å². The smallest absolute Gasteiger partial charge is 0.254 e. The molecule has 1 fully saturated rings. The summed E-state index contributed by atoms with van der Waals surface area (Å²) >= 11 is 0. The number of hydrogen-bond donors (Lipinski definition) is 0. The van der Waals surface area contributed by atoms with Crippen LogP contribution in [0.25, 0.3) is 0 Å². The number of hydrogen-bond acceptors (Lipinski definition) is 2. The van der Waals surface area contributed by atoms with Gasteiger partial charge in [0, 0.05) is 12.1 Å². The van der Waals surface area contributed by atoms with E-state index in [2.05, 4.69) is 0 Å². The minimum atomic E-state index is -0.998. The molecular formula is C20H21F2NO2. The fourth-order valence-electron chi connectivity index (χ4n) is 3.32. The number of carbonyl (C=O) groups excluding carboxylic acids is 1. The van der Waals surface area contributed by atoms with Crippen LogP contribution in [-0.4, -0.2) is 24.5 Å². The van der Waals surface area contributed by atoms with Crippen molar-refractivity contribution in [3.63, 3.8) is 0 Å². The number of likely N-dealkylation sites (tertiary alicyclic amines) is 1. The lowest BCUT2D eigenvalue weighted by Crippen LogP contribution is -2.34. The number of rotatable bonds is 3. The maximum absolute atomic E-state index is 13.5. The first kappa shape index (κ1) is 17.4. The molecule has 1 aliphatic heterocycles. The Kier molecular flexibility index (Phi) is 5.31. The molecule has 1 saturated heterocycles. The Hall–Kier alpha value is -2.43. The summed E-state index contributed by atoms with van der Waals surface area (Å²) in [6.07, 6.45) is 3.83. The van der Waals surface area contributed by atoms with Crippen LogP contribution >= 0.6 is 0 Å². The maximum Gasteiger partial charge on any atom is 0.254 e. The second-order valence-electron chi connectivity index (χ2n) is 6.27. The summed E-state index contributed by atoms with van der Waals surface area (Å²) in [4.78, 5) is 14.7. The fourth-order valence-corrected chi connectivity index (χ4v) is 3.32. The molecule has 3 nitrogen and oxygen atoms in total. The molecule has 1 heterocycles. The fraction of sp³-hybridized carbons (Fsp3) is 0.350. The number of methoxy groups -OCH3 is 1. The molecule has 5 heteroatoms. The largest absolute Gasteiger partial charge is 0.497 e. The predicted octanol–water partition coefficient (Wildman–Crippen LogP) is 4.73. The van der Waals surface area contributed by atoms with E-state index in [0.29, 0.717) is 6.54 Å². The number of benzene rings is 2. The molecule has 0 aromatic heterocycles. The minimum absolute atomic E-state index is 0.0750. The molecule has 0 radical (unpaired) electrons. The average Bonchev–Trinajstić information content (AvgIpc) is 2.89. The Morgan fingerprint density at radius 1 is 1.04 bits per heavy atom.